The van der Waals surface area contributed by atoms with E-state index >= 15 is 0 Å². The topological polar surface area (TPSA) is 54.4 Å². The summed E-state index contributed by atoms with van der Waals surface area (Å²) in [5, 5.41) is 8.22. The average molecular weight is 129 g/mol. The fraction of sp³-hybridized carbons (Fsp3) is 0.667. The van der Waals surface area contributed by atoms with Crippen LogP contribution in [0.5, 0.6) is 0 Å². The van der Waals surface area contributed by atoms with E-state index in [1.54, 1.807) is 6.29 Å². The van der Waals surface area contributed by atoms with Gasteiger partial charge in [0.05, 0.1) is 0 Å². The summed E-state index contributed by atoms with van der Waals surface area (Å²) in [5.41, 5.74) is 0. The molecule has 0 aliphatic carbocycles. The standard InChI is InChI=1S/C6H9O3/c7-4-1-2-6(9)3-5-8/h8H,1-3,5H2. The second kappa shape index (κ2) is 5.44. The largest absolute Gasteiger partial charge is 0.396 e. The van der Waals surface area contributed by atoms with Gasteiger partial charge in [-0.15, -0.1) is 0 Å². The lowest BCUT2D eigenvalue weighted by molar-refractivity contribution is -0.119. The molecule has 3 heteroatoms. The molecule has 51 valence electrons. The van der Waals surface area contributed by atoms with E-state index in [0.29, 0.717) is 0 Å². The Morgan fingerprint density at radius 1 is 1.44 bits per heavy atom. The predicted octanol–water partition coefficient (Wildman–Crippen LogP) is -0.172. The van der Waals surface area contributed by atoms with Crippen molar-refractivity contribution in [3.63, 3.8) is 0 Å². The Bertz CT molecular complexity index is 98.5. The molecule has 9 heavy (non-hydrogen) atoms. The number of hydrogen-bond acceptors (Lipinski definition) is 3. The summed E-state index contributed by atoms with van der Waals surface area (Å²) in [6.45, 7) is -0.127. The Morgan fingerprint density at radius 3 is 2.56 bits per heavy atom. The Hall–Kier alpha value is -0.700. The summed E-state index contributed by atoms with van der Waals surface area (Å²) < 4.78 is 0. The molecule has 0 spiro atoms. The van der Waals surface area contributed by atoms with Gasteiger partial charge < -0.3 is 5.11 Å². The summed E-state index contributed by atoms with van der Waals surface area (Å²) in [5.74, 6) is -0.0825. The normalized spacial score (nSPS) is 9.00. The fourth-order valence-electron chi connectivity index (χ4n) is 0.440. The summed E-state index contributed by atoms with van der Waals surface area (Å²) in [6, 6.07) is 0. The number of rotatable bonds is 5. The van der Waals surface area contributed by atoms with Crippen LogP contribution in [0.1, 0.15) is 19.3 Å². The first-order valence-electron chi connectivity index (χ1n) is 2.79. The van der Waals surface area contributed by atoms with Crippen molar-refractivity contribution in [3.8, 4) is 0 Å². The highest BCUT2D eigenvalue weighted by Crippen LogP contribution is 1.90. The maximum atomic E-state index is 10.5. The molecule has 0 saturated heterocycles. The van der Waals surface area contributed by atoms with E-state index in [1.165, 1.54) is 0 Å². The molecule has 1 N–H and O–H groups in total. The average Bonchev–Trinajstić information content (AvgIpc) is 1.85. The monoisotopic (exact) mass is 129 g/mol. The third kappa shape index (κ3) is 5.17. The van der Waals surface area contributed by atoms with Crippen LogP contribution in [0, 0.1) is 0 Å². The zero-order valence-corrected chi connectivity index (χ0v) is 5.09. The number of aliphatic hydroxyl groups is 1. The van der Waals surface area contributed by atoms with E-state index in [4.69, 9.17) is 5.11 Å². The van der Waals surface area contributed by atoms with Crippen LogP contribution >= 0.6 is 0 Å². The van der Waals surface area contributed by atoms with Crippen molar-refractivity contribution < 1.29 is 14.7 Å². The molecule has 0 saturated carbocycles. The summed E-state index contributed by atoms with van der Waals surface area (Å²) >= 11 is 0. The van der Waals surface area contributed by atoms with E-state index in [0.717, 1.165) is 0 Å². The lowest BCUT2D eigenvalue weighted by Crippen LogP contribution is -2.00. The van der Waals surface area contributed by atoms with Gasteiger partial charge in [-0.2, -0.15) is 0 Å². The third-order valence-corrected chi connectivity index (χ3v) is 0.897. The molecule has 1 radical (unpaired) electrons. The Balaban J connectivity index is 3.16. The highest BCUT2D eigenvalue weighted by molar-refractivity contribution is 5.80. The number of carbonyl (C=O) groups is 1. The molecule has 0 aromatic rings. The molecule has 0 aromatic carbocycles. The van der Waals surface area contributed by atoms with Crippen molar-refractivity contribution in [1.82, 2.24) is 0 Å². The number of hydrogen-bond donors (Lipinski definition) is 1. The van der Waals surface area contributed by atoms with Crippen LogP contribution in [0.3, 0.4) is 0 Å². The van der Waals surface area contributed by atoms with E-state index in [-0.39, 0.29) is 31.7 Å². The summed E-state index contributed by atoms with van der Waals surface area (Å²) in [7, 11) is 0. The molecular weight excluding hydrogens is 120 g/mol. The SMILES string of the molecule is O=[C]CCC(=O)CCO. The molecule has 0 unspecified atom stereocenters. The molecule has 0 amide bonds. The van der Waals surface area contributed by atoms with Gasteiger partial charge in [-0.1, -0.05) is 0 Å². The quantitative estimate of drug-likeness (QED) is 0.560. The Morgan fingerprint density at radius 2 is 2.11 bits per heavy atom. The minimum absolute atomic E-state index is 0.0825. The van der Waals surface area contributed by atoms with Crippen LogP contribution in [0.25, 0.3) is 0 Å². The van der Waals surface area contributed by atoms with Crippen LogP contribution < -0.4 is 0 Å². The van der Waals surface area contributed by atoms with Gasteiger partial charge in [0.25, 0.3) is 0 Å². The first kappa shape index (κ1) is 8.30. The van der Waals surface area contributed by atoms with Crippen molar-refractivity contribution in [3.05, 3.63) is 0 Å². The minimum atomic E-state index is -0.127. The van der Waals surface area contributed by atoms with Crippen LogP contribution in [0.4, 0.5) is 0 Å². The van der Waals surface area contributed by atoms with Crippen molar-refractivity contribution >= 4 is 12.1 Å². The molecule has 0 fully saturated rings. The Labute approximate surface area is 53.7 Å². The molecule has 3 nitrogen and oxygen atoms in total. The number of aliphatic hydroxyl groups excluding tert-OH is 1. The van der Waals surface area contributed by atoms with Crippen LogP contribution in [0.2, 0.25) is 0 Å². The fourth-order valence-corrected chi connectivity index (χ4v) is 0.440. The highest BCUT2D eigenvalue weighted by Gasteiger charge is 1.98. The van der Waals surface area contributed by atoms with Crippen LogP contribution in [0.15, 0.2) is 0 Å². The molecule has 0 heterocycles. The van der Waals surface area contributed by atoms with Gasteiger partial charge in [-0.05, 0) is 0 Å². The minimum Gasteiger partial charge on any atom is -0.396 e. The van der Waals surface area contributed by atoms with Gasteiger partial charge in [0.2, 0.25) is 0 Å². The van der Waals surface area contributed by atoms with Crippen molar-refractivity contribution in [1.29, 1.82) is 0 Å². The predicted molar refractivity (Wildman–Crippen MR) is 31.6 cm³/mol. The van der Waals surface area contributed by atoms with Crippen LogP contribution in [-0.4, -0.2) is 23.8 Å². The number of carbonyl (C=O) groups excluding carboxylic acids is 2. The summed E-state index contributed by atoms with van der Waals surface area (Å²) in [6.07, 6.45) is 2.12. The second-order valence-corrected chi connectivity index (χ2v) is 1.66. The van der Waals surface area contributed by atoms with Gasteiger partial charge in [-0.25, -0.2) is 0 Å². The molecule has 0 aliphatic heterocycles. The van der Waals surface area contributed by atoms with Crippen LogP contribution in [-0.2, 0) is 9.59 Å². The molecule has 0 atom stereocenters. The van der Waals surface area contributed by atoms with E-state index in [1.807, 2.05) is 0 Å². The van der Waals surface area contributed by atoms with Gasteiger partial charge in [0.1, 0.15) is 5.78 Å². The highest BCUT2D eigenvalue weighted by atomic mass is 16.3. The second-order valence-electron chi connectivity index (χ2n) is 1.66. The van der Waals surface area contributed by atoms with E-state index in [9.17, 15) is 9.59 Å². The maximum Gasteiger partial charge on any atom is 0.198 e. The number of Topliss-reactive ketones (excluding diaryl/α,β-unsaturated/α-hetero) is 1. The summed E-state index contributed by atoms with van der Waals surface area (Å²) in [4.78, 5) is 20.0. The van der Waals surface area contributed by atoms with Crippen molar-refractivity contribution in [2.75, 3.05) is 6.61 Å². The third-order valence-electron chi connectivity index (χ3n) is 0.897. The number of ketones is 1. The van der Waals surface area contributed by atoms with E-state index in [2.05, 4.69) is 0 Å². The molecule has 0 bridgehead atoms. The molecular formula is C6H9O3. The lowest BCUT2D eigenvalue weighted by atomic mass is 10.2. The maximum absolute atomic E-state index is 10.5. The van der Waals surface area contributed by atoms with Crippen molar-refractivity contribution in [2.24, 2.45) is 0 Å². The molecule has 0 aliphatic rings. The molecule has 0 aromatic heterocycles. The van der Waals surface area contributed by atoms with Gasteiger partial charge in [-0.3, -0.25) is 9.59 Å². The van der Waals surface area contributed by atoms with Gasteiger partial charge in [0, 0.05) is 25.9 Å². The first-order chi connectivity index (χ1) is 4.31. The smallest absolute Gasteiger partial charge is 0.198 e. The Kier molecular flexibility index (Phi) is 5.01. The molecule has 0 rings (SSSR count). The zero-order valence-electron chi connectivity index (χ0n) is 5.09. The zero-order chi connectivity index (χ0) is 7.11. The van der Waals surface area contributed by atoms with E-state index < -0.39 is 0 Å². The van der Waals surface area contributed by atoms with Gasteiger partial charge >= 0.3 is 0 Å². The first-order valence-corrected chi connectivity index (χ1v) is 2.79. The lowest BCUT2D eigenvalue weighted by Gasteiger charge is -1.90. The van der Waals surface area contributed by atoms with Crippen molar-refractivity contribution in [2.45, 2.75) is 19.3 Å². The van der Waals surface area contributed by atoms with Gasteiger partial charge in [0.15, 0.2) is 6.29 Å².